The van der Waals surface area contributed by atoms with Gasteiger partial charge in [0.2, 0.25) is 0 Å². The predicted octanol–water partition coefficient (Wildman–Crippen LogP) is 4.62. The fraction of sp³-hybridized carbons (Fsp3) is 0.280. The first-order valence-corrected chi connectivity index (χ1v) is 11.1. The lowest BCUT2D eigenvalue weighted by Crippen LogP contribution is -2.37. The number of morpholine rings is 1. The van der Waals surface area contributed by atoms with E-state index in [2.05, 4.69) is 23.1 Å². The van der Waals surface area contributed by atoms with E-state index in [-0.39, 0.29) is 0 Å². The molecule has 2 aromatic carbocycles. The van der Waals surface area contributed by atoms with Crippen LogP contribution in [0.2, 0.25) is 0 Å². The number of benzene rings is 1. The second kappa shape index (κ2) is 9.78. The Labute approximate surface area is 182 Å². The standard InChI is InChI=1S/C25H23N3OS/c1-19-7-9-20(10-8-19)22-17-24(21-5-3-2-4-6-21)27-25(23(22)18-26)30-16-13-28-11-14-29-15-12-28/h2-7,9,17H,11-16H2,1H3. The molecule has 0 spiro atoms. The monoisotopic (exact) mass is 413 g/mol. The number of hydrogen-bond donors (Lipinski definition) is 0. The Kier molecular flexibility index (Phi) is 6.67. The molecule has 30 heavy (non-hydrogen) atoms. The number of thioether (sulfide) groups is 1. The second-order valence-electron chi connectivity index (χ2n) is 7.20. The zero-order valence-corrected chi connectivity index (χ0v) is 17.8. The molecule has 0 aliphatic carbocycles. The lowest BCUT2D eigenvalue weighted by atomic mass is 10.00. The van der Waals surface area contributed by atoms with Gasteiger partial charge in [-0.2, -0.15) is 5.26 Å². The molecule has 5 heteroatoms. The van der Waals surface area contributed by atoms with Gasteiger partial charge in [0.1, 0.15) is 11.1 Å². The second-order valence-corrected chi connectivity index (χ2v) is 8.28. The van der Waals surface area contributed by atoms with Gasteiger partial charge in [-0.05, 0) is 30.7 Å². The SMILES string of the molecule is Cc1c#cc(-c2cc(-c3ccccc3)nc(SCCN3CCOCC3)c2C#N)cc1. The van der Waals surface area contributed by atoms with E-state index in [1.807, 2.05) is 55.5 Å². The van der Waals surface area contributed by atoms with Crippen LogP contribution in [0.25, 0.3) is 22.4 Å². The molecule has 2 heterocycles. The van der Waals surface area contributed by atoms with Gasteiger partial charge in [-0.3, -0.25) is 4.90 Å². The topological polar surface area (TPSA) is 49.2 Å². The summed E-state index contributed by atoms with van der Waals surface area (Å²) in [4.78, 5) is 7.27. The minimum atomic E-state index is 0.607. The summed E-state index contributed by atoms with van der Waals surface area (Å²) in [5.74, 6) is 0.878. The van der Waals surface area contributed by atoms with Crippen molar-refractivity contribution in [1.29, 1.82) is 5.26 Å². The third-order valence-corrected chi connectivity index (χ3v) is 6.06. The van der Waals surface area contributed by atoms with Gasteiger partial charge in [-0.25, -0.2) is 4.98 Å². The Balaban J connectivity index is 1.68. The smallest absolute Gasteiger partial charge is 0.115 e. The molecule has 0 unspecified atom stereocenters. The Bertz CT molecular complexity index is 1020. The maximum atomic E-state index is 9.97. The summed E-state index contributed by atoms with van der Waals surface area (Å²) in [6.07, 6.45) is 0. The van der Waals surface area contributed by atoms with Crippen LogP contribution < -0.4 is 0 Å². The lowest BCUT2D eigenvalue weighted by Gasteiger charge is -2.26. The zero-order valence-electron chi connectivity index (χ0n) is 17.0. The number of nitriles is 1. The van der Waals surface area contributed by atoms with Crippen molar-refractivity contribution in [3.8, 4) is 28.5 Å². The van der Waals surface area contributed by atoms with Crippen LogP contribution in [0.3, 0.4) is 0 Å². The van der Waals surface area contributed by atoms with Crippen LogP contribution in [0.15, 0.2) is 53.6 Å². The molecule has 1 aliphatic heterocycles. The Morgan fingerprint density at radius 3 is 2.63 bits per heavy atom. The highest BCUT2D eigenvalue weighted by molar-refractivity contribution is 7.99. The van der Waals surface area contributed by atoms with Crippen molar-refractivity contribution in [2.75, 3.05) is 38.6 Å². The van der Waals surface area contributed by atoms with E-state index in [4.69, 9.17) is 9.72 Å². The molecule has 0 amide bonds. The summed E-state index contributed by atoms with van der Waals surface area (Å²) in [6.45, 7) is 6.45. The average Bonchev–Trinajstić information content (AvgIpc) is 2.80. The number of hydrogen-bond acceptors (Lipinski definition) is 5. The average molecular weight is 414 g/mol. The van der Waals surface area contributed by atoms with Gasteiger partial charge in [-0.15, -0.1) is 11.8 Å². The van der Waals surface area contributed by atoms with Crippen LogP contribution in [-0.4, -0.2) is 48.5 Å². The highest BCUT2D eigenvalue weighted by Gasteiger charge is 2.17. The zero-order chi connectivity index (χ0) is 20.8. The number of aromatic nitrogens is 1. The summed E-state index contributed by atoms with van der Waals surface area (Å²) < 4.78 is 5.43. The number of nitrogens with zero attached hydrogens (tertiary/aromatic N) is 3. The summed E-state index contributed by atoms with van der Waals surface area (Å²) in [5, 5.41) is 10.7. The minimum Gasteiger partial charge on any atom is -0.379 e. The summed E-state index contributed by atoms with van der Waals surface area (Å²) in [6, 6.07) is 24.8. The van der Waals surface area contributed by atoms with Gasteiger partial charge in [0.25, 0.3) is 0 Å². The van der Waals surface area contributed by atoms with Crippen LogP contribution in [0.4, 0.5) is 0 Å². The van der Waals surface area contributed by atoms with Crippen LogP contribution >= 0.6 is 11.8 Å². The van der Waals surface area contributed by atoms with Gasteiger partial charge in [0, 0.05) is 42.1 Å². The van der Waals surface area contributed by atoms with Gasteiger partial charge in [-0.1, -0.05) is 42.5 Å². The summed E-state index contributed by atoms with van der Waals surface area (Å²) in [5.41, 5.74) is 5.26. The van der Waals surface area contributed by atoms with E-state index < -0.39 is 0 Å². The number of aryl methyl sites for hydroxylation is 1. The normalized spacial score (nSPS) is 14.1. The summed E-state index contributed by atoms with van der Waals surface area (Å²) in [7, 11) is 0. The molecule has 3 aromatic rings. The fourth-order valence-electron chi connectivity index (χ4n) is 3.41. The molecular weight excluding hydrogens is 390 g/mol. The van der Waals surface area contributed by atoms with E-state index in [0.29, 0.717) is 5.56 Å². The van der Waals surface area contributed by atoms with Crippen LogP contribution in [0.1, 0.15) is 11.1 Å². The predicted molar refractivity (Wildman–Crippen MR) is 120 cm³/mol. The first kappa shape index (κ1) is 20.4. The number of rotatable bonds is 6. The van der Waals surface area contributed by atoms with Crippen molar-refractivity contribution in [2.45, 2.75) is 11.9 Å². The van der Waals surface area contributed by atoms with Crippen molar-refractivity contribution in [2.24, 2.45) is 0 Å². The Morgan fingerprint density at radius 2 is 1.93 bits per heavy atom. The van der Waals surface area contributed by atoms with Crippen LogP contribution in [0, 0.1) is 30.4 Å². The Morgan fingerprint density at radius 1 is 1.13 bits per heavy atom. The van der Waals surface area contributed by atoms with Crippen LogP contribution in [0.5, 0.6) is 0 Å². The molecule has 0 radical (unpaired) electrons. The van der Waals surface area contributed by atoms with Crippen LogP contribution in [-0.2, 0) is 4.74 Å². The maximum Gasteiger partial charge on any atom is 0.115 e. The molecule has 0 atom stereocenters. The molecule has 0 saturated carbocycles. The highest BCUT2D eigenvalue weighted by Crippen LogP contribution is 2.33. The Hall–Kier alpha value is -2.83. The van der Waals surface area contributed by atoms with E-state index in [0.717, 1.165) is 71.6 Å². The number of pyridine rings is 1. The first-order valence-electron chi connectivity index (χ1n) is 10.1. The highest BCUT2D eigenvalue weighted by atomic mass is 32.2. The minimum absolute atomic E-state index is 0.607. The third kappa shape index (κ3) is 4.83. The molecule has 0 N–H and O–H groups in total. The van der Waals surface area contributed by atoms with E-state index >= 15 is 0 Å². The largest absolute Gasteiger partial charge is 0.379 e. The first-order chi connectivity index (χ1) is 14.7. The molecule has 0 bridgehead atoms. The van der Waals surface area contributed by atoms with E-state index in [1.54, 1.807) is 11.8 Å². The van der Waals surface area contributed by atoms with Gasteiger partial charge in [0.05, 0.1) is 24.5 Å². The van der Waals surface area contributed by atoms with Gasteiger partial charge < -0.3 is 4.74 Å². The fourth-order valence-corrected chi connectivity index (χ4v) is 4.42. The van der Waals surface area contributed by atoms with Crippen molar-refractivity contribution >= 4 is 11.8 Å². The molecule has 1 fully saturated rings. The molecular formula is C25H23N3OS. The van der Waals surface area contributed by atoms with Crippen molar-refractivity contribution in [3.63, 3.8) is 0 Å². The molecule has 150 valence electrons. The van der Waals surface area contributed by atoms with Crippen molar-refractivity contribution < 1.29 is 4.74 Å². The molecule has 4 rings (SSSR count). The molecule has 1 aliphatic rings. The summed E-state index contributed by atoms with van der Waals surface area (Å²) >= 11 is 1.65. The van der Waals surface area contributed by atoms with E-state index in [9.17, 15) is 5.26 Å². The van der Waals surface area contributed by atoms with Crippen molar-refractivity contribution in [1.82, 2.24) is 9.88 Å². The number of ether oxygens (including phenoxy) is 1. The van der Waals surface area contributed by atoms with E-state index in [1.165, 1.54) is 0 Å². The third-order valence-electron chi connectivity index (χ3n) is 5.10. The quantitative estimate of drug-likeness (QED) is 0.552. The van der Waals surface area contributed by atoms with Gasteiger partial charge >= 0.3 is 0 Å². The van der Waals surface area contributed by atoms with Gasteiger partial charge in [0.15, 0.2) is 0 Å². The van der Waals surface area contributed by atoms with Crippen molar-refractivity contribution in [3.05, 3.63) is 71.8 Å². The molecule has 1 saturated heterocycles. The lowest BCUT2D eigenvalue weighted by molar-refractivity contribution is 0.0410. The molecule has 4 nitrogen and oxygen atoms in total. The molecule has 1 aromatic heterocycles. The maximum absolute atomic E-state index is 9.97.